The Morgan fingerprint density at radius 2 is 2.12 bits per heavy atom. The number of thiazole rings is 1. The molecule has 134 valence electrons. The van der Waals surface area contributed by atoms with Crippen LogP contribution in [0.3, 0.4) is 0 Å². The molecular formula is C16H25IN4OS2. The van der Waals surface area contributed by atoms with E-state index in [2.05, 4.69) is 27.5 Å². The average Bonchev–Trinajstić information content (AvgIpc) is 3.21. The summed E-state index contributed by atoms with van der Waals surface area (Å²) in [5.41, 5.74) is 0.0643. The maximum Gasteiger partial charge on any atom is 0.191 e. The number of aliphatic imine (C=N–C) groups is 1. The molecule has 0 aliphatic heterocycles. The fourth-order valence-electron chi connectivity index (χ4n) is 2.01. The van der Waals surface area contributed by atoms with E-state index >= 15 is 0 Å². The number of rotatable bonds is 7. The van der Waals surface area contributed by atoms with E-state index in [9.17, 15) is 5.11 Å². The van der Waals surface area contributed by atoms with Crippen molar-refractivity contribution in [3.63, 3.8) is 0 Å². The van der Waals surface area contributed by atoms with Crippen LogP contribution in [-0.2, 0) is 18.6 Å². The van der Waals surface area contributed by atoms with Gasteiger partial charge in [0.1, 0.15) is 5.60 Å². The molecule has 0 radical (unpaired) electrons. The second-order valence-corrected chi connectivity index (χ2v) is 7.28. The largest absolute Gasteiger partial charge is 0.383 e. The number of hydrogen-bond acceptors (Lipinski definition) is 5. The first-order valence-electron chi connectivity index (χ1n) is 7.77. The number of hydrogen-bond donors (Lipinski definition) is 3. The zero-order valence-corrected chi connectivity index (χ0v) is 18.2. The van der Waals surface area contributed by atoms with Crippen molar-refractivity contribution in [2.75, 3.05) is 13.1 Å². The van der Waals surface area contributed by atoms with E-state index in [-0.39, 0.29) is 24.0 Å². The quantitative estimate of drug-likeness (QED) is 0.323. The Morgan fingerprint density at radius 1 is 1.33 bits per heavy atom. The normalized spacial score (nSPS) is 13.9. The molecule has 1 atom stereocenters. The van der Waals surface area contributed by atoms with Crippen molar-refractivity contribution in [3.8, 4) is 0 Å². The van der Waals surface area contributed by atoms with Crippen molar-refractivity contribution < 1.29 is 5.11 Å². The highest BCUT2D eigenvalue weighted by Crippen LogP contribution is 2.24. The molecule has 0 aromatic carbocycles. The Balaban J connectivity index is 0.00000288. The molecule has 8 heteroatoms. The van der Waals surface area contributed by atoms with Crippen molar-refractivity contribution in [2.24, 2.45) is 4.99 Å². The zero-order valence-electron chi connectivity index (χ0n) is 14.2. The summed E-state index contributed by atoms with van der Waals surface area (Å²) in [6, 6.07) is 3.89. The summed E-state index contributed by atoms with van der Waals surface area (Å²) in [6.07, 6.45) is 0.955. The van der Waals surface area contributed by atoms with Crippen molar-refractivity contribution in [1.82, 2.24) is 15.6 Å². The molecule has 24 heavy (non-hydrogen) atoms. The standard InChI is InChI=1S/C16H24N4OS2.HI/c1-4-14-20-12(10-23-14)9-18-15(17-5-2)19-11-16(3,21)13-7-6-8-22-13;/h6-8,10,21H,4-5,9,11H2,1-3H3,(H2,17,18,19);1H. The Hall–Kier alpha value is -0.710. The molecule has 0 aliphatic carbocycles. The van der Waals surface area contributed by atoms with Crippen LogP contribution in [0.2, 0.25) is 0 Å². The Kier molecular flexibility index (Phi) is 9.17. The van der Waals surface area contributed by atoms with Crippen LogP contribution < -0.4 is 10.6 Å². The van der Waals surface area contributed by atoms with Gasteiger partial charge >= 0.3 is 0 Å². The predicted molar refractivity (Wildman–Crippen MR) is 114 cm³/mol. The molecular weight excluding hydrogens is 455 g/mol. The third-order valence-electron chi connectivity index (χ3n) is 3.30. The van der Waals surface area contributed by atoms with Gasteiger partial charge in [-0.1, -0.05) is 13.0 Å². The summed E-state index contributed by atoms with van der Waals surface area (Å²) in [6.45, 7) is 7.63. The summed E-state index contributed by atoms with van der Waals surface area (Å²) in [4.78, 5) is 10.0. The lowest BCUT2D eigenvalue weighted by Crippen LogP contribution is -2.44. The van der Waals surface area contributed by atoms with Gasteiger partial charge in [-0.15, -0.1) is 46.7 Å². The number of aromatic nitrogens is 1. The molecule has 0 fully saturated rings. The second kappa shape index (κ2) is 10.3. The summed E-state index contributed by atoms with van der Waals surface area (Å²) in [5.74, 6) is 0.690. The fraction of sp³-hybridized carbons (Fsp3) is 0.500. The lowest BCUT2D eigenvalue weighted by Gasteiger charge is -2.23. The number of nitrogens with one attached hydrogen (secondary N) is 2. The number of aliphatic hydroxyl groups is 1. The lowest BCUT2D eigenvalue weighted by atomic mass is 10.1. The molecule has 0 saturated carbocycles. The molecule has 0 amide bonds. The molecule has 0 saturated heterocycles. The zero-order chi connectivity index (χ0) is 16.7. The molecule has 0 aliphatic rings. The maximum atomic E-state index is 10.6. The van der Waals surface area contributed by atoms with Gasteiger partial charge in [0, 0.05) is 16.8 Å². The van der Waals surface area contributed by atoms with E-state index < -0.39 is 5.60 Å². The van der Waals surface area contributed by atoms with Gasteiger partial charge in [0.15, 0.2) is 5.96 Å². The number of aryl methyl sites for hydroxylation is 1. The molecule has 5 nitrogen and oxygen atoms in total. The van der Waals surface area contributed by atoms with E-state index in [0.29, 0.717) is 19.0 Å². The van der Waals surface area contributed by atoms with Gasteiger partial charge in [0.05, 0.1) is 23.8 Å². The van der Waals surface area contributed by atoms with Gasteiger partial charge in [-0.05, 0) is 31.7 Å². The van der Waals surface area contributed by atoms with Crippen molar-refractivity contribution in [1.29, 1.82) is 0 Å². The molecule has 2 aromatic heterocycles. The topological polar surface area (TPSA) is 69.5 Å². The van der Waals surface area contributed by atoms with E-state index in [1.165, 1.54) is 0 Å². The highest BCUT2D eigenvalue weighted by molar-refractivity contribution is 14.0. The monoisotopic (exact) mass is 480 g/mol. The van der Waals surface area contributed by atoms with Gasteiger partial charge in [-0.25, -0.2) is 9.98 Å². The molecule has 2 heterocycles. The highest BCUT2D eigenvalue weighted by atomic mass is 127. The van der Waals surface area contributed by atoms with Crippen LogP contribution in [0, 0.1) is 0 Å². The average molecular weight is 480 g/mol. The predicted octanol–water partition coefficient (Wildman–Crippen LogP) is 3.35. The Labute approximate surface area is 168 Å². The van der Waals surface area contributed by atoms with Crippen LogP contribution in [-0.4, -0.2) is 29.1 Å². The third-order valence-corrected chi connectivity index (χ3v) is 5.46. The molecule has 2 aromatic rings. The molecule has 0 spiro atoms. The van der Waals surface area contributed by atoms with E-state index in [1.807, 2.05) is 36.7 Å². The first kappa shape index (κ1) is 21.3. The minimum atomic E-state index is -0.916. The van der Waals surface area contributed by atoms with E-state index in [0.717, 1.165) is 28.5 Å². The van der Waals surface area contributed by atoms with E-state index in [1.54, 1.807) is 22.7 Å². The Bertz CT molecular complexity index is 626. The highest BCUT2D eigenvalue weighted by Gasteiger charge is 2.24. The van der Waals surface area contributed by atoms with Crippen LogP contribution in [0.15, 0.2) is 27.9 Å². The van der Waals surface area contributed by atoms with Crippen LogP contribution in [0.1, 0.15) is 36.3 Å². The van der Waals surface area contributed by atoms with E-state index in [4.69, 9.17) is 0 Å². The molecule has 2 rings (SSSR count). The maximum absolute atomic E-state index is 10.6. The van der Waals surface area contributed by atoms with Gasteiger partial charge in [0.25, 0.3) is 0 Å². The second-order valence-electron chi connectivity index (χ2n) is 5.39. The van der Waals surface area contributed by atoms with Gasteiger partial charge in [0.2, 0.25) is 0 Å². The SMILES string of the molecule is CCNC(=NCc1csc(CC)n1)NCC(C)(O)c1cccs1.I. The number of thiophene rings is 1. The number of halogens is 1. The first-order valence-corrected chi connectivity index (χ1v) is 9.53. The Morgan fingerprint density at radius 3 is 2.71 bits per heavy atom. The summed E-state index contributed by atoms with van der Waals surface area (Å²) >= 11 is 3.22. The van der Waals surface area contributed by atoms with Gasteiger partial charge in [-0.2, -0.15) is 0 Å². The fourth-order valence-corrected chi connectivity index (χ4v) is 3.54. The van der Waals surface area contributed by atoms with Crippen LogP contribution in [0.25, 0.3) is 0 Å². The lowest BCUT2D eigenvalue weighted by molar-refractivity contribution is 0.0655. The third kappa shape index (κ3) is 6.30. The van der Waals surface area contributed by atoms with Crippen molar-refractivity contribution in [2.45, 2.75) is 39.3 Å². The van der Waals surface area contributed by atoms with Crippen LogP contribution >= 0.6 is 46.7 Å². The molecule has 0 bridgehead atoms. The summed E-state index contributed by atoms with van der Waals surface area (Å²) in [7, 11) is 0. The number of guanidine groups is 1. The minimum Gasteiger partial charge on any atom is -0.383 e. The van der Waals surface area contributed by atoms with Gasteiger partial charge < -0.3 is 15.7 Å². The summed E-state index contributed by atoms with van der Waals surface area (Å²) in [5, 5.41) is 22.1. The molecule has 1 unspecified atom stereocenters. The first-order chi connectivity index (χ1) is 11.0. The van der Waals surface area contributed by atoms with Gasteiger partial charge in [-0.3, -0.25) is 0 Å². The molecule has 3 N–H and O–H groups in total. The van der Waals surface area contributed by atoms with Crippen LogP contribution in [0.5, 0.6) is 0 Å². The summed E-state index contributed by atoms with van der Waals surface area (Å²) < 4.78 is 0. The van der Waals surface area contributed by atoms with Crippen molar-refractivity contribution in [3.05, 3.63) is 38.5 Å². The van der Waals surface area contributed by atoms with Crippen molar-refractivity contribution >= 4 is 52.6 Å². The number of nitrogens with zero attached hydrogens (tertiary/aromatic N) is 2. The smallest absolute Gasteiger partial charge is 0.191 e. The minimum absolute atomic E-state index is 0. The van der Waals surface area contributed by atoms with Crippen LogP contribution in [0.4, 0.5) is 0 Å².